The molecule has 0 aliphatic heterocycles. The molecule has 0 radical (unpaired) electrons. The molecule has 152 valence electrons. The van der Waals surface area contributed by atoms with Crippen LogP contribution in [0.15, 0.2) is 23.2 Å². The third-order valence-corrected chi connectivity index (χ3v) is 3.85. The number of nitrogens with one attached hydrogen (secondary N) is 3. The molecule has 0 bridgehead atoms. The van der Waals surface area contributed by atoms with E-state index >= 15 is 0 Å². The summed E-state index contributed by atoms with van der Waals surface area (Å²) in [6.45, 7) is 7.67. The minimum absolute atomic E-state index is 0.101. The van der Waals surface area contributed by atoms with Crippen molar-refractivity contribution in [3.05, 3.63) is 28.8 Å². The van der Waals surface area contributed by atoms with Crippen molar-refractivity contribution in [2.24, 2.45) is 4.99 Å². The van der Waals surface area contributed by atoms with Crippen LogP contribution >= 0.6 is 11.6 Å². The Kier molecular flexibility index (Phi) is 12.3. The van der Waals surface area contributed by atoms with Gasteiger partial charge in [0.25, 0.3) is 0 Å². The summed E-state index contributed by atoms with van der Waals surface area (Å²) in [5, 5.41) is 9.68. The fourth-order valence-electron chi connectivity index (χ4n) is 2.17. The van der Waals surface area contributed by atoms with Gasteiger partial charge in [-0.05, 0) is 38.0 Å². The number of carbonyl (C=O) groups excluding carboxylic acids is 1. The SMILES string of the molecule is CCNC(=NCCCOCCOC)NCCC(=O)Nc1ccc(C)cc1Cl. The van der Waals surface area contributed by atoms with Crippen LogP contribution in [0.1, 0.15) is 25.3 Å². The lowest BCUT2D eigenvalue weighted by atomic mass is 10.2. The Balaban J connectivity index is 2.30. The van der Waals surface area contributed by atoms with Crippen molar-refractivity contribution in [3.8, 4) is 0 Å². The van der Waals surface area contributed by atoms with Crippen LogP contribution < -0.4 is 16.0 Å². The number of rotatable bonds is 12. The molecule has 0 saturated heterocycles. The summed E-state index contributed by atoms with van der Waals surface area (Å²) in [6, 6.07) is 5.54. The maximum absolute atomic E-state index is 12.1. The molecule has 0 spiro atoms. The molecular weight excluding hydrogens is 368 g/mol. The highest BCUT2D eigenvalue weighted by Crippen LogP contribution is 2.22. The summed E-state index contributed by atoms with van der Waals surface area (Å²) in [4.78, 5) is 16.5. The normalized spacial score (nSPS) is 11.3. The number of carbonyl (C=O) groups is 1. The lowest BCUT2D eigenvalue weighted by Gasteiger charge is -2.12. The Hall–Kier alpha value is -1.83. The molecule has 0 unspecified atom stereocenters. The number of amides is 1. The summed E-state index contributed by atoms with van der Waals surface area (Å²) in [7, 11) is 1.65. The highest BCUT2D eigenvalue weighted by atomic mass is 35.5. The van der Waals surface area contributed by atoms with Crippen molar-refractivity contribution < 1.29 is 14.3 Å². The third kappa shape index (κ3) is 10.8. The van der Waals surface area contributed by atoms with Gasteiger partial charge >= 0.3 is 0 Å². The van der Waals surface area contributed by atoms with Crippen LogP contribution in [-0.2, 0) is 14.3 Å². The second-order valence-corrected chi connectivity index (χ2v) is 6.33. The molecule has 0 aliphatic carbocycles. The standard InChI is InChI=1S/C19H31ClN4O3/c1-4-21-19(22-9-5-11-27-13-12-26-3)23-10-8-18(25)24-17-7-6-15(2)14-16(17)20/h6-7,14H,4-5,8-13H2,1-3H3,(H,24,25)(H2,21,22,23). The van der Waals surface area contributed by atoms with Crippen LogP contribution in [0.4, 0.5) is 5.69 Å². The number of guanidine groups is 1. The van der Waals surface area contributed by atoms with Gasteiger partial charge in [0.1, 0.15) is 0 Å². The largest absolute Gasteiger partial charge is 0.382 e. The molecule has 0 aliphatic rings. The van der Waals surface area contributed by atoms with Crippen molar-refractivity contribution in [3.63, 3.8) is 0 Å². The van der Waals surface area contributed by atoms with Gasteiger partial charge in [-0.25, -0.2) is 0 Å². The third-order valence-electron chi connectivity index (χ3n) is 3.54. The van der Waals surface area contributed by atoms with E-state index in [2.05, 4.69) is 20.9 Å². The van der Waals surface area contributed by atoms with E-state index in [1.165, 1.54) is 0 Å². The Morgan fingerprint density at radius 2 is 2.04 bits per heavy atom. The molecule has 0 fully saturated rings. The maximum Gasteiger partial charge on any atom is 0.226 e. The topological polar surface area (TPSA) is 84.0 Å². The summed E-state index contributed by atoms with van der Waals surface area (Å²) in [5.74, 6) is 0.589. The minimum Gasteiger partial charge on any atom is -0.382 e. The predicted octanol–water partition coefficient (Wildman–Crippen LogP) is 2.59. The molecule has 0 atom stereocenters. The molecule has 0 aromatic heterocycles. The first kappa shape index (κ1) is 23.2. The van der Waals surface area contributed by atoms with E-state index < -0.39 is 0 Å². The summed E-state index contributed by atoms with van der Waals surface area (Å²) in [6.07, 6.45) is 1.14. The molecule has 8 heteroatoms. The fraction of sp³-hybridized carbons (Fsp3) is 0.579. The van der Waals surface area contributed by atoms with Gasteiger partial charge in [-0.15, -0.1) is 0 Å². The van der Waals surface area contributed by atoms with Gasteiger partial charge in [0.2, 0.25) is 5.91 Å². The predicted molar refractivity (Wildman–Crippen MR) is 111 cm³/mol. The van der Waals surface area contributed by atoms with Crippen molar-refractivity contribution in [2.75, 3.05) is 51.9 Å². The lowest BCUT2D eigenvalue weighted by molar-refractivity contribution is -0.116. The van der Waals surface area contributed by atoms with Crippen molar-refractivity contribution in [1.82, 2.24) is 10.6 Å². The zero-order valence-electron chi connectivity index (χ0n) is 16.4. The Bertz CT molecular complexity index is 596. The molecule has 1 rings (SSSR count). The van der Waals surface area contributed by atoms with Crippen LogP contribution in [-0.4, -0.2) is 58.4 Å². The molecular formula is C19H31ClN4O3. The average Bonchev–Trinajstić information content (AvgIpc) is 2.63. The molecule has 0 saturated carbocycles. The highest BCUT2D eigenvalue weighted by molar-refractivity contribution is 6.33. The summed E-state index contributed by atoms with van der Waals surface area (Å²) >= 11 is 6.13. The van der Waals surface area contributed by atoms with Gasteiger partial charge in [0.05, 0.1) is 23.9 Å². The molecule has 1 amide bonds. The van der Waals surface area contributed by atoms with E-state index in [9.17, 15) is 4.79 Å². The highest BCUT2D eigenvalue weighted by Gasteiger charge is 2.06. The smallest absolute Gasteiger partial charge is 0.226 e. The Labute approximate surface area is 166 Å². The van der Waals surface area contributed by atoms with Crippen molar-refractivity contribution >= 4 is 29.2 Å². The number of nitrogens with zero attached hydrogens (tertiary/aromatic N) is 1. The average molecular weight is 399 g/mol. The molecule has 0 heterocycles. The molecule has 3 N–H and O–H groups in total. The zero-order chi connectivity index (χ0) is 19.9. The number of aryl methyl sites for hydroxylation is 1. The number of halogens is 1. The van der Waals surface area contributed by atoms with Gasteiger partial charge in [-0.1, -0.05) is 17.7 Å². The zero-order valence-corrected chi connectivity index (χ0v) is 17.2. The molecule has 7 nitrogen and oxygen atoms in total. The van der Waals surface area contributed by atoms with Crippen molar-refractivity contribution in [2.45, 2.75) is 26.7 Å². The summed E-state index contributed by atoms with van der Waals surface area (Å²) < 4.78 is 10.3. The lowest BCUT2D eigenvalue weighted by Crippen LogP contribution is -2.38. The van der Waals surface area contributed by atoms with Gasteiger partial charge in [-0.3, -0.25) is 9.79 Å². The van der Waals surface area contributed by atoms with Crippen LogP contribution in [0.3, 0.4) is 0 Å². The van der Waals surface area contributed by atoms with E-state index in [1.54, 1.807) is 7.11 Å². The maximum atomic E-state index is 12.1. The molecule has 1 aromatic rings. The van der Waals surface area contributed by atoms with Crippen LogP contribution in [0.5, 0.6) is 0 Å². The van der Waals surface area contributed by atoms with Crippen LogP contribution in [0.2, 0.25) is 5.02 Å². The molecule has 27 heavy (non-hydrogen) atoms. The van der Waals surface area contributed by atoms with Crippen molar-refractivity contribution in [1.29, 1.82) is 0 Å². The number of hydrogen-bond acceptors (Lipinski definition) is 4. The Morgan fingerprint density at radius 3 is 2.74 bits per heavy atom. The van der Waals surface area contributed by atoms with Crippen LogP contribution in [0, 0.1) is 6.92 Å². The van der Waals surface area contributed by atoms with E-state index in [-0.39, 0.29) is 5.91 Å². The van der Waals surface area contributed by atoms with Gasteiger partial charge in [0, 0.05) is 39.8 Å². The van der Waals surface area contributed by atoms with Gasteiger partial charge < -0.3 is 25.4 Å². The van der Waals surface area contributed by atoms with E-state index in [0.29, 0.717) is 56.0 Å². The van der Waals surface area contributed by atoms with Gasteiger partial charge in [0.15, 0.2) is 5.96 Å². The first-order chi connectivity index (χ1) is 13.1. The summed E-state index contributed by atoms with van der Waals surface area (Å²) in [5.41, 5.74) is 1.68. The van der Waals surface area contributed by atoms with E-state index in [1.807, 2.05) is 32.0 Å². The monoisotopic (exact) mass is 398 g/mol. The first-order valence-electron chi connectivity index (χ1n) is 9.21. The second-order valence-electron chi connectivity index (χ2n) is 5.93. The number of aliphatic imine (C=N–C) groups is 1. The number of benzene rings is 1. The minimum atomic E-state index is -0.101. The number of hydrogen-bond donors (Lipinski definition) is 3. The number of methoxy groups -OCH3 is 1. The van der Waals surface area contributed by atoms with Crippen LogP contribution in [0.25, 0.3) is 0 Å². The second kappa shape index (κ2) is 14.3. The van der Waals surface area contributed by atoms with E-state index in [4.69, 9.17) is 21.1 Å². The first-order valence-corrected chi connectivity index (χ1v) is 9.59. The Morgan fingerprint density at radius 1 is 1.22 bits per heavy atom. The number of anilines is 1. The number of ether oxygens (including phenoxy) is 2. The van der Waals surface area contributed by atoms with Gasteiger partial charge in [-0.2, -0.15) is 0 Å². The molecule has 1 aromatic carbocycles. The van der Waals surface area contributed by atoms with E-state index in [0.717, 1.165) is 18.5 Å². The fourth-order valence-corrected chi connectivity index (χ4v) is 2.45. The quantitative estimate of drug-likeness (QED) is 0.286.